The van der Waals surface area contributed by atoms with E-state index in [0.29, 0.717) is 24.4 Å². The van der Waals surface area contributed by atoms with Crippen molar-refractivity contribution in [3.8, 4) is 0 Å². The van der Waals surface area contributed by atoms with Crippen molar-refractivity contribution in [3.05, 3.63) is 0 Å². The maximum Gasteiger partial charge on any atom is 0.140 e. The molecule has 1 atom stereocenters. The fraction of sp³-hybridized carbons (Fsp3) is 0.917. The summed E-state index contributed by atoms with van der Waals surface area (Å²) >= 11 is 0. The summed E-state index contributed by atoms with van der Waals surface area (Å²) in [5.74, 6) is 0.320. The van der Waals surface area contributed by atoms with Crippen LogP contribution in [-0.2, 0) is 4.74 Å². The molecule has 5 heteroatoms. The van der Waals surface area contributed by atoms with Crippen LogP contribution in [0, 0.1) is 0 Å². The molecule has 0 bridgehead atoms. The van der Waals surface area contributed by atoms with Crippen LogP contribution in [0.15, 0.2) is 5.16 Å². The largest absolute Gasteiger partial charge is 0.409 e. The van der Waals surface area contributed by atoms with E-state index >= 15 is 0 Å². The van der Waals surface area contributed by atoms with E-state index in [1.54, 1.807) is 0 Å². The maximum absolute atomic E-state index is 8.54. The van der Waals surface area contributed by atoms with Crippen molar-refractivity contribution in [2.45, 2.75) is 50.7 Å². The Bertz CT molecular complexity index is 260. The van der Waals surface area contributed by atoms with Crippen molar-refractivity contribution in [1.82, 2.24) is 4.90 Å². The van der Waals surface area contributed by atoms with Gasteiger partial charge in [-0.25, -0.2) is 0 Å². The topological polar surface area (TPSA) is 71.1 Å². The lowest BCUT2D eigenvalue weighted by atomic mass is 10.1. The van der Waals surface area contributed by atoms with Gasteiger partial charge in [0.05, 0.1) is 6.10 Å². The van der Waals surface area contributed by atoms with Crippen LogP contribution < -0.4 is 5.73 Å². The standard InChI is InChI=1S/C12H23N3O2/c13-12(14-16)6-7-15(10-4-5-10)9-11-3-1-2-8-17-11/h10-11,16H,1-9H2,(H2,13,14). The molecule has 0 aromatic rings. The average molecular weight is 241 g/mol. The highest BCUT2D eigenvalue weighted by Crippen LogP contribution is 2.28. The fourth-order valence-electron chi connectivity index (χ4n) is 2.38. The van der Waals surface area contributed by atoms with Crippen molar-refractivity contribution in [2.75, 3.05) is 19.7 Å². The third kappa shape index (κ3) is 4.16. The molecule has 1 saturated heterocycles. The Morgan fingerprint density at radius 1 is 1.35 bits per heavy atom. The van der Waals surface area contributed by atoms with E-state index in [1.165, 1.54) is 32.1 Å². The van der Waals surface area contributed by atoms with Crippen LogP contribution in [-0.4, -0.2) is 47.8 Å². The van der Waals surface area contributed by atoms with Gasteiger partial charge in [0.2, 0.25) is 0 Å². The second-order valence-electron chi connectivity index (χ2n) is 5.06. The van der Waals surface area contributed by atoms with Crippen molar-refractivity contribution in [3.63, 3.8) is 0 Å². The lowest BCUT2D eigenvalue weighted by Gasteiger charge is -2.29. The molecule has 5 nitrogen and oxygen atoms in total. The molecule has 2 aliphatic rings. The quantitative estimate of drug-likeness (QED) is 0.317. The van der Waals surface area contributed by atoms with Crippen molar-refractivity contribution in [2.24, 2.45) is 10.9 Å². The van der Waals surface area contributed by atoms with Crippen LogP contribution in [0.4, 0.5) is 0 Å². The molecule has 2 fully saturated rings. The van der Waals surface area contributed by atoms with Crippen molar-refractivity contribution in [1.29, 1.82) is 0 Å². The van der Waals surface area contributed by atoms with Crippen LogP contribution in [0.3, 0.4) is 0 Å². The van der Waals surface area contributed by atoms with Crippen LogP contribution in [0.1, 0.15) is 38.5 Å². The molecule has 0 radical (unpaired) electrons. The smallest absolute Gasteiger partial charge is 0.140 e. The van der Waals surface area contributed by atoms with Gasteiger partial charge in [-0.2, -0.15) is 0 Å². The molecule has 0 aromatic heterocycles. The van der Waals surface area contributed by atoms with Crippen molar-refractivity contribution >= 4 is 5.84 Å². The Balaban J connectivity index is 1.75. The van der Waals surface area contributed by atoms with Gasteiger partial charge in [0, 0.05) is 32.2 Å². The third-order valence-corrected chi connectivity index (χ3v) is 3.56. The van der Waals surface area contributed by atoms with Gasteiger partial charge in [-0.15, -0.1) is 0 Å². The van der Waals surface area contributed by atoms with Gasteiger partial charge in [-0.05, 0) is 32.1 Å². The van der Waals surface area contributed by atoms with Gasteiger partial charge in [0.15, 0.2) is 0 Å². The highest BCUT2D eigenvalue weighted by atomic mass is 16.5. The molecule has 1 saturated carbocycles. The Morgan fingerprint density at radius 2 is 2.18 bits per heavy atom. The number of amidine groups is 1. The van der Waals surface area contributed by atoms with Crippen LogP contribution in [0.2, 0.25) is 0 Å². The minimum absolute atomic E-state index is 0.320. The maximum atomic E-state index is 8.54. The molecule has 0 spiro atoms. The SMILES string of the molecule is NC(CCN(CC1CCCCO1)C1CC1)=NO. The number of hydrogen-bond donors (Lipinski definition) is 2. The van der Waals surface area contributed by atoms with E-state index in [0.717, 1.165) is 19.7 Å². The van der Waals surface area contributed by atoms with Gasteiger partial charge in [-0.1, -0.05) is 5.16 Å². The molecule has 0 aromatic carbocycles. The molecule has 0 amide bonds. The van der Waals surface area contributed by atoms with E-state index in [9.17, 15) is 0 Å². The minimum atomic E-state index is 0.320. The first-order valence-electron chi connectivity index (χ1n) is 6.61. The van der Waals surface area contributed by atoms with E-state index in [2.05, 4.69) is 10.1 Å². The summed E-state index contributed by atoms with van der Waals surface area (Å²) in [5, 5.41) is 11.6. The normalized spacial score (nSPS) is 26.4. The zero-order valence-electron chi connectivity index (χ0n) is 10.3. The van der Waals surface area contributed by atoms with Gasteiger partial charge in [0.1, 0.15) is 5.84 Å². The second-order valence-corrected chi connectivity index (χ2v) is 5.06. The number of rotatable bonds is 6. The van der Waals surface area contributed by atoms with Crippen LogP contribution in [0.25, 0.3) is 0 Å². The zero-order valence-corrected chi connectivity index (χ0v) is 10.3. The van der Waals surface area contributed by atoms with E-state index in [4.69, 9.17) is 15.7 Å². The lowest BCUT2D eigenvalue weighted by Crippen LogP contribution is -2.38. The number of ether oxygens (including phenoxy) is 1. The predicted octanol–water partition coefficient (Wildman–Crippen LogP) is 1.16. The third-order valence-electron chi connectivity index (χ3n) is 3.56. The molecule has 2 rings (SSSR count). The van der Waals surface area contributed by atoms with Gasteiger partial charge >= 0.3 is 0 Å². The molecular formula is C12H23N3O2. The fourth-order valence-corrected chi connectivity index (χ4v) is 2.38. The summed E-state index contributed by atoms with van der Waals surface area (Å²) in [6.07, 6.45) is 7.24. The number of hydrogen-bond acceptors (Lipinski definition) is 4. The monoisotopic (exact) mass is 241 g/mol. The Labute approximate surface area is 103 Å². The van der Waals surface area contributed by atoms with E-state index in [-0.39, 0.29) is 0 Å². The van der Waals surface area contributed by atoms with E-state index in [1.807, 2.05) is 0 Å². The summed E-state index contributed by atoms with van der Waals surface area (Å²) in [7, 11) is 0. The molecule has 98 valence electrons. The summed E-state index contributed by atoms with van der Waals surface area (Å²) < 4.78 is 5.77. The van der Waals surface area contributed by atoms with E-state index < -0.39 is 0 Å². The summed E-state index contributed by atoms with van der Waals surface area (Å²) in [6, 6.07) is 0.701. The van der Waals surface area contributed by atoms with Gasteiger partial charge in [0.25, 0.3) is 0 Å². The Morgan fingerprint density at radius 3 is 2.76 bits per heavy atom. The second kappa shape index (κ2) is 6.21. The van der Waals surface area contributed by atoms with Crippen molar-refractivity contribution < 1.29 is 9.94 Å². The summed E-state index contributed by atoms with van der Waals surface area (Å²) in [5.41, 5.74) is 5.52. The summed E-state index contributed by atoms with van der Waals surface area (Å²) in [6.45, 7) is 2.78. The summed E-state index contributed by atoms with van der Waals surface area (Å²) in [4.78, 5) is 2.44. The first-order valence-corrected chi connectivity index (χ1v) is 6.61. The average Bonchev–Trinajstić information content (AvgIpc) is 3.19. The molecule has 1 aliphatic heterocycles. The molecule has 1 aliphatic carbocycles. The Hall–Kier alpha value is -0.810. The minimum Gasteiger partial charge on any atom is -0.409 e. The highest BCUT2D eigenvalue weighted by molar-refractivity contribution is 5.79. The number of oxime groups is 1. The first-order chi connectivity index (χ1) is 8.29. The van der Waals surface area contributed by atoms with Crippen LogP contribution in [0.5, 0.6) is 0 Å². The number of nitrogens with two attached hydrogens (primary N) is 1. The highest BCUT2D eigenvalue weighted by Gasteiger charge is 2.31. The predicted molar refractivity (Wildman–Crippen MR) is 66.2 cm³/mol. The molecule has 1 heterocycles. The Kier molecular flexibility index (Phi) is 4.62. The first kappa shape index (κ1) is 12.6. The van der Waals surface area contributed by atoms with Crippen LogP contribution >= 0.6 is 0 Å². The van der Waals surface area contributed by atoms with Gasteiger partial charge in [-0.3, -0.25) is 4.90 Å². The zero-order chi connectivity index (χ0) is 12.1. The number of nitrogens with zero attached hydrogens (tertiary/aromatic N) is 2. The van der Waals surface area contributed by atoms with Gasteiger partial charge < -0.3 is 15.7 Å². The molecule has 1 unspecified atom stereocenters. The molecular weight excluding hydrogens is 218 g/mol. The lowest BCUT2D eigenvalue weighted by molar-refractivity contribution is -0.00680. The molecule has 3 N–H and O–H groups in total. The molecule has 17 heavy (non-hydrogen) atoms.